The van der Waals surface area contributed by atoms with Crippen LogP contribution in [0.4, 0.5) is 11.4 Å². The second-order valence-electron chi connectivity index (χ2n) is 7.23. The first-order valence-electron chi connectivity index (χ1n) is 9.93. The van der Waals surface area contributed by atoms with Crippen molar-refractivity contribution in [2.24, 2.45) is 0 Å². The summed E-state index contributed by atoms with van der Waals surface area (Å²) in [5.41, 5.74) is 3.76. The van der Waals surface area contributed by atoms with Crippen molar-refractivity contribution < 1.29 is 9.59 Å². The molecular formula is C23H23N3O2S. The van der Waals surface area contributed by atoms with Crippen molar-refractivity contribution in [2.45, 2.75) is 26.2 Å². The van der Waals surface area contributed by atoms with E-state index in [1.165, 1.54) is 23.4 Å². The van der Waals surface area contributed by atoms with E-state index < -0.39 is 11.8 Å². The first-order chi connectivity index (χ1) is 14.1. The summed E-state index contributed by atoms with van der Waals surface area (Å²) in [6.07, 6.45) is 4.83. The Labute approximate surface area is 176 Å². The molecule has 2 aliphatic rings. The summed E-state index contributed by atoms with van der Waals surface area (Å²) in [5.74, 6) is -0.864. The molecule has 0 saturated carbocycles. The molecule has 5 nitrogen and oxygen atoms in total. The number of carbonyl (C=O) groups excluding carboxylic acids is 2. The molecule has 0 atom stereocenters. The number of rotatable bonds is 4. The fraction of sp³-hybridized carbons (Fsp3) is 0.261. The molecule has 2 heterocycles. The highest BCUT2D eigenvalue weighted by molar-refractivity contribution is 7.80. The van der Waals surface area contributed by atoms with Gasteiger partial charge in [-0.25, -0.2) is 0 Å². The van der Waals surface area contributed by atoms with Crippen LogP contribution in [0.25, 0.3) is 6.08 Å². The van der Waals surface area contributed by atoms with E-state index in [-0.39, 0.29) is 10.7 Å². The van der Waals surface area contributed by atoms with Gasteiger partial charge in [0.1, 0.15) is 5.57 Å². The third kappa shape index (κ3) is 3.80. The number of benzene rings is 2. The van der Waals surface area contributed by atoms with Gasteiger partial charge in [0, 0.05) is 18.8 Å². The molecule has 0 aromatic heterocycles. The van der Waals surface area contributed by atoms with Gasteiger partial charge in [-0.15, -0.1) is 0 Å². The zero-order valence-corrected chi connectivity index (χ0v) is 17.2. The standard InChI is InChI=1S/C23H23N3O2S/c1-2-17-7-3-4-8-20(17)26-22(28)19(21(27)24-23(26)29)15-16-9-11-18(12-10-16)25-13-5-6-14-25/h3-4,7-12,15H,2,5-6,13-14H2,1H3,(H,24,27,29)/b19-15+. The minimum absolute atomic E-state index is 0.0819. The van der Waals surface area contributed by atoms with Gasteiger partial charge in [-0.3, -0.25) is 19.8 Å². The molecule has 148 valence electrons. The molecule has 0 bridgehead atoms. The van der Waals surface area contributed by atoms with E-state index in [0.717, 1.165) is 30.6 Å². The van der Waals surface area contributed by atoms with Crippen molar-refractivity contribution in [3.8, 4) is 0 Å². The normalized spacial score (nSPS) is 18.5. The Hall–Kier alpha value is -2.99. The second kappa shape index (κ2) is 8.17. The van der Waals surface area contributed by atoms with Crippen molar-refractivity contribution >= 4 is 46.6 Å². The van der Waals surface area contributed by atoms with E-state index in [1.54, 1.807) is 6.08 Å². The van der Waals surface area contributed by atoms with Crippen LogP contribution in [0.15, 0.2) is 54.1 Å². The average Bonchev–Trinajstić information content (AvgIpc) is 3.27. The molecule has 29 heavy (non-hydrogen) atoms. The summed E-state index contributed by atoms with van der Waals surface area (Å²) in [6.45, 7) is 4.17. The van der Waals surface area contributed by atoms with Crippen LogP contribution in [0.1, 0.15) is 30.9 Å². The Morgan fingerprint density at radius 1 is 1.03 bits per heavy atom. The molecule has 2 aromatic rings. The predicted octanol–water partition coefficient (Wildman–Crippen LogP) is 3.68. The number of hydrogen-bond donors (Lipinski definition) is 1. The quantitative estimate of drug-likeness (QED) is 0.479. The lowest BCUT2D eigenvalue weighted by molar-refractivity contribution is -0.122. The van der Waals surface area contributed by atoms with Gasteiger partial charge in [-0.1, -0.05) is 37.3 Å². The van der Waals surface area contributed by atoms with Gasteiger partial charge in [0.2, 0.25) is 0 Å². The van der Waals surface area contributed by atoms with Crippen molar-refractivity contribution in [1.82, 2.24) is 5.32 Å². The number of aryl methyl sites for hydroxylation is 1. The highest BCUT2D eigenvalue weighted by Crippen LogP contribution is 2.27. The van der Waals surface area contributed by atoms with E-state index in [1.807, 2.05) is 55.5 Å². The lowest BCUT2D eigenvalue weighted by Crippen LogP contribution is -2.54. The van der Waals surface area contributed by atoms with Crippen LogP contribution in [0, 0.1) is 0 Å². The molecule has 2 saturated heterocycles. The number of amides is 2. The van der Waals surface area contributed by atoms with E-state index >= 15 is 0 Å². The maximum atomic E-state index is 13.2. The molecule has 1 N–H and O–H groups in total. The van der Waals surface area contributed by atoms with E-state index in [2.05, 4.69) is 10.2 Å². The lowest BCUT2D eigenvalue weighted by Gasteiger charge is -2.30. The summed E-state index contributed by atoms with van der Waals surface area (Å²) >= 11 is 5.31. The van der Waals surface area contributed by atoms with Gasteiger partial charge in [-0.05, 0) is 66.9 Å². The molecule has 0 unspecified atom stereocenters. The molecule has 2 aromatic carbocycles. The molecule has 6 heteroatoms. The van der Waals surface area contributed by atoms with Crippen LogP contribution in [0.3, 0.4) is 0 Å². The zero-order chi connectivity index (χ0) is 20.4. The lowest BCUT2D eigenvalue weighted by atomic mass is 10.0. The highest BCUT2D eigenvalue weighted by Gasteiger charge is 2.35. The summed E-state index contributed by atoms with van der Waals surface area (Å²) in [4.78, 5) is 29.5. The summed E-state index contributed by atoms with van der Waals surface area (Å²) in [6, 6.07) is 15.6. The highest BCUT2D eigenvalue weighted by atomic mass is 32.1. The van der Waals surface area contributed by atoms with Gasteiger partial charge in [-0.2, -0.15) is 0 Å². The maximum absolute atomic E-state index is 13.2. The van der Waals surface area contributed by atoms with Gasteiger partial charge >= 0.3 is 0 Å². The largest absolute Gasteiger partial charge is 0.372 e. The number of hydrogen-bond acceptors (Lipinski definition) is 4. The van der Waals surface area contributed by atoms with Crippen LogP contribution in [-0.4, -0.2) is 30.0 Å². The monoisotopic (exact) mass is 405 g/mol. The van der Waals surface area contributed by atoms with Crippen LogP contribution >= 0.6 is 12.2 Å². The fourth-order valence-electron chi connectivity index (χ4n) is 3.83. The van der Waals surface area contributed by atoms with Crippen molar-refractivity contribution in [3.63, 3.8) is 0 Å². The van der Waals surface area contributed by atoms with Gasteiger partial charge in [0.25, 0.3) is 11.8 Å². The molecule has 2 aliphatic heterocycles. The molecule has 2 fully saturated rings. The molecule has 0 radical (unpaired) electrons. The van der Waals surface area contributed by atoms with Gasteiger partial charge in [0.15, 0.2) is 5.11 Å². The number of carbonyl (C=O) groups is 2. The second-order valence-corrected chi connectivity index (χ2v) is 7.61. The van der Waals surface area contributed by atoms with Crippen molar-refractivity contribution in [1.29, 1.82) is 0 Å². The van der Waals surface area contributed by atoms with Crippen molar-refractivity contribution in [2.75, 3.05) is 22.9 Å². The predicted molar refractivity (Wildman–Crippen MR) is 120 cm³/mol. The Kier molecular flexibility index (Phi) is 5.45. The Morgan fingerprint density at radius 2 is 1.72 bits per heavy atom. The maximum Gasteiger partial charge on any atom is 0.270 e. The Bertz CT molecular complexity index is 991. The summed E-state index contributed by atoms with van der Waals surface area (Å²) < 4.78 is 0. The Balaban J connectivity index is 1.65. The average molecular weight is 406 g/mol. The summed E-state index contributed by atoms with van der Waals surface area (Å²) in [7, 11) is 0. The minimum atomic E-state index is -0.464. The number of nitrogens with one attached hydrogen (secondary N) is 1. The molecule has 0 spiro atoms. The molecule has 4 rings (SSSR count). The Morgan fingerprint density at radius 3 is 2.41 bits per heavy atom. The number of thiocarbonyl (C=S) groups is 1. The first-order valence-corrected chi connectivity index (χ1v) is 10.3. The van der Waals surface area contributed by atoms with Gasteiger partial charge in [0.05, 0.1) is 5.69 Å². The van der Waals surface area contributed by atoms with E-state index in [4.69, 9.17) is 12.2 Å². The molecule has 0 aliphatic carbocycles. The third-order valence-corrected chi connectivity index (χ3v) is 5.68. The minimum Gasteiger partial charge on any atom is -0.372 e. The zero-order valence-electron chi connectivity index (χ0n) is 16.4. The molecular weight excluding hydrogens is 382 g/mol. The molecule has 2 amide bonds. The number of anilines is 2. The third-order valence-electron chi connectivity index (χ3n) is 5.39. The van der Waals surface area contributed by atoms with E-state index in [0.29, 0.717) is 5.69 Å². The van der Waals surface area contributed by atoms with Crippen LogP contribution in [0.2, 0.25) is 0 Å². The van der Waals surface area contributed by atoms with E-state index in [9.17, 15) is 9.59 Å². The fourth-order valence-corrected chi connectivity index (χ4v) is 4.10. The van der Waals surface area contributed by atoms with Gasteiger partial charge < -0.3 is 4.90 Å². The van der Waals surface area contributed by atoms with Crippen molar-refractivity contribution in [3.05, 3.63) is 65.2 Å². The number of nitrogens with zero attached hydrogens (tertiary/aromatic N) is 2. The van der Waals surface area contributed by atoms with Crippen LogP contribution in [0.5, 0.6) is 0 Å². The van der Waals surface area contributed by atoms with Crippen LogP contribution in [-0.2, 0) is 16.0 Å². The first kappa shape index (κ1) is 19.3. The topological polar surface area (TPSA) is 52.7 Å². The summed E-state index contributed by atoms with van der Waals surface area (Å²) in [5, 5.41) is 2.77. The number of para-hydroxylation sites is 1. The smallest absolute Gasteiger partial charge is 0.270 e. The SMILES string of the molecule is CCc1ccccc1N1C(=O)/C(=C/c2ccc(N3CCCC3)cc2)C(=O)NC1=S. The van der Waals surface area contributed by atoms with Crippen LogP contribution < -0.4 is 15.1 Å².